The molecular formula is C11H18N4O3S. The number of aryl methyl sites for hydroxylation is 1. The summed E-state index contributed by atoms with van der Waals surface area (Å²) in [5.74, 6) is 0.162. The molecule has 0 unspecified atom stereocenters. The molecular weight excluding hydrogens is 268 g/mol. The minimum atomic E-state index is -3.49. The Labute approximate surface area is 112 Å². The summed E-state index contributed by atoms with van der Waals surface area (Å²) in [6.07, 6.45) is 4.89. The third-order valence-electron chi connectivity index (χ3n) is 3.06. The predicted octanol–water partition coefficient (Wildman–Crippen LogP) is -0.289. The standard InChI is InChI=1S/C11H18N4O3S/c1-14-9-10(8-12-14)19(17,18)13-5-3-7-15-6-2-4-11(15)16/h8-9,13H,2-7H2,1H3. The number of amides is 1. The number of rotatable bonds is 6. The Kier molecular flexibility index (Phi) is 4.20. The normalized spacial score (nSPS) is 16.3. The van der Waals surface area contributed by atoms with Crippen LogP contribution in [0.2, 0.25) is 0 Å². The van der Waals surface area contributed by atoms with Gasteiger partial charge in [0.25, 0.3) is 0 Å². The highest BCUT2D eigenvalue weighted by atomic mass is 32.2. The van der Waals surface area contributed by atoms with E-state index in [0.717, 1.165) is 13.0 Å². The number of hydrogen-bond acceptors (Lipinski definition) is 4. The van der Waals surface area contributed by atoms with Gasteiger partial charge in [-0.3, -0.25) is 9.48 Å². The van der Waals surface area contributed by atoms with Crippen LogP contribution in [0.3, 0.4) is 0 Å². The molecule has 106 valence electrons. The first-order valence-corrected chi connectivity index (χ1v) is 7.73. The molecule has 1 aliphatic heterocycles. The molecule has 0 radical (unpaired) electrons. The summed E-state index contributed by atoms with van der Waals surface area (Å²) in [6, 6.07) is 0. The van der Waals surface area contributed by atoms with Gasteiger partial charge in [-0.25, -0.2) is 13.1 Å². The number of likely N-dealkylation sites (tertiary alicyclic amines) is 1. The van der Waals surface area contributed by atoms with Crippen molar-refractivity contribution in [3.05, 3.63) is 12.4 Å². The molecule has 2 heterocycles. The molecule has 1 aromatic heterocycles. The first-order valence-electron chi connectivity index (χ1n) is 6.25. The van der Waals surface area contributed by atoms with E-state index in [2.05, 4.69) is 9.82 Å². The van der Waals surface area contributed by atoms with Crippen molar-refractivity contribution < 1.29 is 13.2 Å². The molecule has 0 bridgehead atoms. The zero-order valence-corrected chi connectivity index (χ0v) is 11.7. The lowest BCUT2D eigenvalue weighted by Gasteiger charge is -2.15. The third kappa shape index (κ3) is 3.54. The van der Waals surface area contributed by atoms with E-state index in [0.29, 0.717) is 25.9 Å². The molecule has 0 atom stereocenters. The van der Waals surface area contributed by atoms with Crippen LogP contribution in [0.1, 0.15) is 19.3 Å². The maximum atomic E-state index is 11.9. The average Bonchev–Trinajstić information content (AvgIpc) is 2.94. The van der Waals surface area contributed by atoms with Gasteiger partial charge in [0.1, 0.15) is 4.90 Å². The Morgan fingerprint density at radius 2 is 2.26 bits per heavy atom. The Morgan fingerprint density at radius 1 is 1.47 bits per heavy atom. The number of nitrogens with zero attached hydrogens (tertiary/aromatic N) is 3. The molecule has 1 aliphatic rings. The molecule has 0 aromatic carbocycles. The molecule has 1 amide bonds. The molecule has 0 aliphatic carbocycles. The van der Waals surface area contributed by atoms with Crippen LogP contribution in [-0.2, 0) is 21.9 Å². The maximum Gasteiger partial charge on any atom is 0.243 e. The van der Waals surface area contributed by atoms with Crippen LogP contribution in [0.5, 0.6) is 0 Å². The fraction of sp³-hybridized carbons (Fsp3) is 0.636. The van der Waals surface area contributed by atoms with E-state index in [4.69, 9.17) is 0 Å². The third-order valence-corrected chi connectivity index (χ3v) is 4.48. The van der Waals surface area contributed by atoms with Gasteiger partial charge < -0.3 is 4.90 Å². The van der Waals surface area contributed by atoms with E-state index in [1.165, 1.54) is 17.1 Å². The molecule has 8 heteroatoms. The van der Waals surface area contributed by atoms with Crippen LogP contribution in [0.25, 0.3) is 0 Å². The molecule has 19 heavy (non-hydrogen) atoms. The lowest BCUT2D eigenvalue weighted by Crippen LogP contribution is -2.30. The molecule has 7 nitrogen and oxygen atoms in total. The van der Waals surface area contributed by atoms with Crippen LogP contribution in [0, 0.1) is 0 Å². The molecule has 0 spiro atoms. The molecule has 1 fully saturated rings. The van der Waals surface area contributed by atoms with E-state index >= 15 is 0 Å². The number of aromatic nitrogens is 2. The zero-order valence-electron chi connectivity index (χ0n) is 10.9. The van der Waals surface area contributed by atoms with Gasteiger partial charge in [0, 0.05) is 39.3 Å². The van der Waals surface area contributed by atoms with E-state index in [1.807, 2.05) is 0 Å². The number of carbonyl (C=O) groups is 1. The highest BCUT2D eigenvalue weighted by Gasteiger charge is 2.20. The van der Waals surface area contributed by atoms with Crippen molar-refractivity contribution in [3.63, 3.8) is 0 Å². The van der Waals surface area contributed by atoms with Gasteiger partial charge in [-0.2, -0.15) is 5.10 Å². The van der Waals surface area contributed by atoms with Crippen LogP contribution >= 0.6 is 0 Å². The van der Waals surface area contributed by atoms with Crippen molar-refractivity contribution >= 4 is 15.9 Å². The van der Waals surface area contributed by atoms with E-state index in [-0.39, 0.29) is 10.8 Å². The first kappa shape index (κ1) is 14.0. The minimum Gasteiger partial charge on any atom is -0.343 e. The molecule has 0 saturated carbocycles. The van der Waals surface area contributed by atoms with Crippen molar-refractivity contribution in [1.82, 2.24) is 19.4 Å². The van der Waals surface area contributed by atoms with Crippen LogP contribution in [0.15, 0.2) is 17.3 Å². The average molecular weight is 286 g/mol. The Morgan fingerprint density at radius 3 is 2.84 bits per heavy atom. The second kappa shape index (κ2) is 5.70. The maximum absolute atomic E-state index is 11.9. The van der Waals surface area contributed by atoms with Crippen LogP contribution in [-0.4, -0.2) is 48.6 Å². The Balaban J connectivity index is 1.77. The molecule has 1 N–H and O–H groups in total. The summed E-state index contributed by atoms with van der Waals surface area (Å²) in [5.41, 5.74) is 0. The zero-order chi connectivity index (χ0) is 13.9. The van der Waals surface area contributed by atoms with Gasteiger partial charge in [-0.15, -0.1) is 0 Å². The van der Waals surface area contributed by atoms with Crippen molar-refractivity contribution in [2.24, 2.45) is 7.05 Å². The fourth-order valence-electron chi connectivity index (χ4n) is 2.04. The van der Waals surface area contributed by atoms with Gasteiger partial charge in [-0.05, 0) is 12.8 Å². The summed E-state index contributed by atoms with van der Waals surface area (Å²) in [6.45, 7) is 1.71. The highest BCUT2D eigenvalue weighted by Crippen LogP contribution is 2.10. The largest absolute Gasteiger partial charge is 0.343 e. The summed E-state index contributed by atoms with van der Waals surface area (Å²) in [5, 5.41) is 3.83. The summed E-state index contributed by atoms with van der Waals surface area (Å²) in [7, 11) is -1.82. The summed E-state index contributed by atoms with van der Waals surface area (Å²) < 4.78 is 27.7. The quantitative estimate of drug-likeness (QED) is 0.728. The van der Waals surface area contributed by atoms with Gasteiger partial charge in [0.2, 0.25) is 15.9 Å². The van der Waals surface area contributed by atoms with E-state index in [9.17, 15) is 13.2 Å². The number of nitrogens with one attached hydrogen (secondary N) is 1. The summed E-state index contributed by atoms with van der Waals surface area (Å²) >= 11 is 0. The van der Waals surface area contributed by atoms with Gasteiger partial charge in [-0.1, -0.05) is 0 Å². The molecule has 1 aromatic rings. The summed E-state index contributed by atoms with van der Waals surface area (Å²) in [4.78, 5) is 13.3. The topological polar surface area (TPSA) is 84.3 Å². The predicted molar refractivity (Wildman–Crippen MR) is 68.8 cm³/mol. The van der Waals surface area contributed by atoms with Crippen LogP contribution < -0.4 is 4.72 Å². The Bertz CT molecular complexity index is 552. The smallest absolute Gasteiger partial charge is 0.243 e. The molecule has 2 rings (SSSR count). The lowest BCUT2D eigenvalue weighted by molar-refractivity contribution is -0.127. The van der Waals surface area contributed by atoms with Gasteiger partial charge in [0.05, 0.1) is 6.20 Å². The molecule has 1 saturated heterocycles. The van der Waals surface area contributed by atoms with E-state index < -0.39 is 10.0 Å². The second-order valence-corrected chi connectivity index (χ2v) is 6.35. The van der Waals surface area contributed by atoms with Crippen molar-refractivity contribution in [2.45, 2.75) is 24.2 Å². The SMILES string of the molecule is Cn1cc(S(=O)(=O)NCCCN2CCCC2=O)cn1. The lowest BCUT2D eigenvalue weighted by atomic mass is 10.4. The first-order chi connectivity index (χ1) is 8.99. The second-order valence-electron chi connectivity index (χ2n) is 4.59. The monoisotopic (exact) mass is 286 g/mol. The number of carbonyl (C=O) groups excluding carboxylic acids is 1. The number of hydrogen-bond donors (Lipinski definition) is 1. The van der Waals surface area contributed by atoms with Crippen molar-refractivity contribution in [3.8, 4) is 0 Å². The van der Waals surface area contributed by atoms with E-state index in [1.54, 1.807) is 11.9 Å². The van der Waals surface area contributed by atoms with Crippen molar-refractivity contribution in [1.29, 1.82) is 0 Å². The minimum absolute atomic E-state index is 0.159. The fourth-order valence-corrected chi connectivity index (χ4v) is 3.09. The Hall–Kier alpha value is -1.41. The van der Waals surface area contributed by atoms with Gasteiger partial charge in [0.15, 0.2) is 0 Å². The van der Waals surface area contributed by atoms with Crippen molar-refractivity contribution in [2.75, 3.05) is 19.6 Å². The van der Waals surface area contributed by atoms with Gasteiger partial charge >= 0.3 is 0 Å². The number of sulfonamides is 1. The van der Waals surface area contributed by atoms with Crippen LogP contribution in [0.4, 0.5) is 0 Å². The highest BCUT2D eigenvalue weighted by molar-refractivity contribution is 7.89.